The molecule has 1 aromatic carbocycles. The summed E-state index contributed by atoms with van der Waals surface area (Å²) >= 11 is 0. The molecule has 3 N–H and O–H groups in total. The summed E-state index contributed by atoms with van der Waals surface area (Å²) in [5, 5.41) is 2.22. The van der Waals surface area contributed by atoms with Gasteiger partial charge in [-0.15, -0.1) is 0 Å². The number of nitrogens with zero attached hydrogens (tertiary/aromatic N) is 2. The van der Waals surface area contributed by atoms with Crippen molar-refractivity contribution in [2.45, 2.75) is 12.5 Å². The fraction of sp³-hybridized carbons (Fsp3) is 0.600. The van der Waals surface area contributed by atoms with E-state index in [1.165, 1.54) is 16.8 Å². The summed E-state index contributed by atoms with van der Waals surface area (Å²) in [6, 6.07) is 6.92. The zero-order chi connectivity index (χ0) is 13.9. The van der Waals surface area contributed by atoms with E-state index in [2.05, 4.69) is 40.6 Å². The number of fused-ring (bicyclic) bond motifs is 1. The van der Waals surface area contributed by atoms with Crippen LogP contribution in [-0.4, -0.2) is 51.4 Å². The molecule has 0 saturated carbocycles. The normalized spacial score (nSPS) is 21.0. The van der Waals surface area contributed by atoms with Crippen LogP contribution in [0.25, 0.3) is 0 Å². The fourth-order valence-electron chi connectivity index (χ4n) is 2.98. The van der Waals surface area contributed by atoms with Gasteiger partial charge in [-0.1, -0.05) is 12.1 Å². The van der Waals surface area contributed by atoms with Crippen molar-refractivity contribution in [3.63, 3.8) is 0 Å². The van der Waals surface area contributed by atoms with Crippen LogP contribution in [0.4, 0.5) is 5.69 Å². The van der Waals surface area contributed by atoms with Gasteiger partial charge in [-0.05, 0) is 23.6 Å². The first kappa shape index (κ1) is 13.8. The van der Waals surface area contributed by atoms with Crippen molar-refractivity contribution in [3.05, 3.63) is 29.3 Å². The fourth-order valence-corrected chi connectivity index (χ4v) is 2.98. The predicted octanol–water partition coefficient (Wildman–Crippen LogP) is 0.516. The third kappa shape index (κ3) is 2.81. The quantitative estimate of drug-likeness (QED) is 0.839. The Morgan fingerprint density at radius 3 is 2.85 bits per heavy atom. The molecular formula is C15H24N4O. The number of benzene rings is 1. The Bertz CT molecular complexity index is 459. The van der Waals surface area contributed by atoms with Gasteiger partial charge in [0.2, 0.25) is 0 Å². The molecule has 2 aliphatic heterocycles. The van der Waals surface area contributed by atoms with Gasteiger partial charge in [-0.25, -0.2) is 10.4 Å². The van der Waals surface area contributed by atoms with Crippen LogP contribution in [0, 0.1) is 0 Å². The van der Waals surface area contributed by atoms with Crippen LogP contribution in [0.1, 0.15) is 17.2 Å². The number of nitrogens with two attached hydrogens (primary N) is 1. The van der Waals surface area contributed by atoms with Crippen LogP contribution in [0.2, 0.25) is 0 Å². The highest BCUT2D eigenvalue weighted by Crippen LogP contribution is 2.29. The van der Waals surface area contributed by atoms with Crippen molar-refractivity contribution in [1.29, 1.82) is 0 Å². The molecule has 0 amide bonds. The maximum absolute atomic E-state index is 5.96. The third-order valence-corrected chi connectivity index (χ3v) is 4.22. The molecule has 1 fully saturated rings. The number of hydrazine groups is 1. The van der Waals surface area contributed by atoms with Gasteiger partial charge in [-0.3, -0.25) is 0 Å². The number of hydrogen-bond acceptors (Lipinski definition) is 5. The number of anilines is 1. The maximum Gasteiger partial charge on any atom is 0.0608 e. The molecule has 1 unspecified atom stereocenters. The molecule has 20 heavy (non-hydrogen) atoms. The van der Waals surface area contributed by atoms with Crippen molar-refractivity contribution >= 4 is 5.69 Å². The van der Waals surface area contributed by atoms with Crippen LogP contribution in [0.15, 0.2) is 18.2 Å². The number of likely N-dealkylation sites (N-methyl/N-ethyl adjacent to an activating group) is 1. The summed E-state index contributed by atoms with van der Waals surface area (Å²) in [4.78, 5) is 2.31. The van der Waals surface area contributed by atoms with Gasteiger partial charge in [0.05, 0.1) is 19.3 Å². The molecule has 0 spiro atoms. The molecule has 2 heterocycles. The molecule has 3 rings (SSSR count). The lowest BCUT2D eigenvalue weighted by Crippen LogP contribution is -2.48. The van der Waals surface area contributed by atoms with E-state index >= 15 is 0 Å². The molecule has 0 radical (unpaired) electrons. The highest BCUT2D eigenvalue weighted by Gasteiger charge is 2.20. The molecule has 0 aromatic heterocycles. The molecule has 0 bridgehead atoms. The first-order valence-electron chi connectivity index (χ1n) is 7.41. The van der Waals surface area contributed by atoms with Crippen molar-refractivity contribution in [2.24, 2.45) is 5.73 Å². The summed E-state index contributed by atoms with van der Waals surface area (Å²) < 4.78 is 5.37. The second-order valence-electron chi connectivity index (χ2n) is 5.58. The Hall–Kier alpha value is -1.14. The standard InChI is InChI=1S/C15H24N4O/c1-18-5-4-13-10-12(2-3-15(13)18)14(11-16)17-19-6-8-20-9-7-19/h2-3,10,14,17H,4-9,11,16H2,1H3. The molecule has 5 nitrogen and oxygen atoms in total. The van der Waals surface area contributed by atoms with Crippen molar-refractivity contribution in [3.8, 4) is 0 Å². The number of morpholine rings is 1. The molecular weight excluding hydrogens is 252 g/mol. The van der Waals surface area contributed by atoms with Crippen molar-refractivity contribution < 1.29 is 4.74 Å². The minimum absolute atomic E-state index is 0.185. The number of rotatable bonds is 4. The predicted molar refractivity (Wildman–Crippen MR) is 80.7 cm³/mol. The van der Waals surface area contributed by atoms with E-state index < -0.39 is 0 Å². The van der Waals surface area contributed by atoms with Gasteiger partial charge < -0.3 is 15.4 Å². The summed E-state index contributed by atoms with van der Waals surface area (Å²) in [6.45, 7) is 5.14. The zero-order valence-electron chi connectivity index (χ0n) is 12.1. The van der Waals surface area contributed by atoms with Gasteiger partial charge in [0, 0.05) is 38.9 Å². The zero-order valence-corrected chi connectivity index (χ0v) is 12.1. The Labute approximate surface area is 120 Å². The second kappa shape index (κ2) is 6.10. The topological polar surface area (TPSA) is 53.8 Å². The van der Waals surface area contributed by atoms with Gasteiger partial charge in [0.15, 0.2) is 0 Å². The smallest absolute Gasteiger partial charge is 0.0608 e. The van der Waals surface area contributed by atoms with Gasteiger partial charge in [0.1, 0.15) is 0 Å². The van der Waals surface area contributed by atoms with Crippen molar-refractivity contribution in [2.75, 3.05) is 51.3 Å². The van der Waals surface area contributed by atoms with Crippen LogP contribution < -0.4 is 16.1 Å². The van der Waals surface area contributed by atoms with Gasteiger partial charge in [-0.2, -0.15) is 0 Å². The van der Waals surface area contributed by atoms with Crippen LogP contribution in [-0.2, 0) is 11.2 Å². The summed E-state index contributed by atoms with van der Waals surface area (Å²) in [5.41, 5.74) is 13.6. The monoisotopic (exact) mass is 276 g/mol. The first-order valence-corrected chi connectivity index (χ1v) is 7.41. The first-order chi connectivity index (χ1) is 9.78. The van der Waals surface area contributed by atoms with Gasteiger partial charge >= 0.3 is 0 Å². The van der Waals surface area contributed by atoms with Gasteiger partial charge in [0.25, 0.3) is 0 Å². The van der Waals surface area contributed by atoms with E-state index in [1.54, 1.807) is 0 Å². The Morgan fingerprint density at radius 1 is 1.30 bits per heavy atom. The largest absolute Gasteiger partial charge is 0.379 e. The lowest BCUT2D eigenvalue weighted by Gasteiger charge is -2.31. The number of ether oxygens (including phenoxy) is 1. The molecule has 1 aromatic rings. The lowest BCUT2D eigenvalue weighted by molar-refractivity contribution is 0.00404. The SMILES string of the molecule is CN1CCc2cc(C(CN)NN3CCOCC3)ccc21. The van der Waals surface area contributed by atoms with Crippen LogP contribution in [0.5, 0.6) is 0 Å². The summed E-state index contributed by atoms with van der Waals surface area (Å²) in [5.74, 6) is 0. The average Bonchev–Trinajstić information content (AvgIpc) is 2.87. The Balaban J connectivity index is 1.72. The Kier molecular flexibility index (Phi) is 4.21. The van der Waals surface area contributed by atoms with Crippen LogP contribution >= 0.6 is 0 Å². The molecule has 5 heteroatoms. The molecule has 0 aliphatic carbocycles. The average molecular weight is 276 g/mol. The van der Waals surface area contributed by atoms with E-state index in [1.807, 2.05) is 0 Å². The summed E-state index contributed by atoms with van der Waals surface area (Å²) in [7, 11) is 2.15. The molecule has 2 aliphatic rings. The third-order valence-electron chi connectivity index (χ3n) is 4.22. The maximum atomic E-state index is 5.96. The highest BCUT2D eigenvalue weighted by molar-refractivity contribution is 5.58. The highest BCUT2D eigenvalue weighted by atomic mass is 16.5. The van der Waals surface area contributed by atoms with E-state index in [-0.39, 0.29) is 6.04 Å². The number of hydrogen-bond donors (Lipinski definition) is 2. The lowest BCUT2D eigenvalue weighted by atomic mass is 10.0. The van der Waals surface area contributed by atoms with E-state index in [0.717, 1.165) is 39.3 Å². The molecule has 110 valence electrons. The van der Waals surface area contributed by atoms with E-state index in [9.17, 15) is 0 Å². The molecule has 1 atom stereocenters. The molecule has 1 saturated heterocycles. The number of nitrogens with one attached hydrogen (secondary N) is 1. The minimum atomic E-state index is 0.185. The van der Waals surface area contributed by atoms with E-state index in [0.29, 0.717) is 6.54 Å². The second-order valence-corrected chi connectivity index (χ2v) is 5.58. The van der Waals surface area contributed by atoms with Crippen molar-refractivity contribution in [1.82, 2.24) is 10.4 Å². The minimum Gasteiger partial charge on any atom is -0.379 e. The summed E-state index contributed by atoms with van der Waals surface area (Å²) in [6.07, 6.45) is 1.13. The Morgan fingerprint density at radius 2 is 2.10 bits per heavy atom. The van der Waals surface area contributed by atoms with Crippen LogP contribution in [0.3, 0.4) is 0 Å². The van der Waals surface area contributed by atoms with E-state index in [4.69, 9.17) is 10.5 Å².